The Bertz CT molecular complexity index is 657. The quantitative estimate of drug-likeness (QED) is 0.942. The van der Waals surface area contributed by atoms with Crippen LogP contribution in [0.2, 0.25) is 0 Å². The van der Waals surface area contributed by atoms with E-state index in [4.69, 9.17) is 0 Å². The second kappa shape index (κ2) is 5.84. The summed E-state index contributed by atoms with van der Waals surface area (Å²) in [5.41, 5.74) is 5.49. The average molecular weight is 296 g/mol. The molecule has 2 aromatic rings. The maximum atomic E-state index is 4.54. The first-order chi connectivity index (χ1) is 10.8. The van der Waals surface area contributed by atoms with Gasteiger partial charge in [-0.15, -0.1) is 0 Å². The van der Waals surface area contributed by atoms with Crippen LogP contribution in [0.3, 0.4) is 0 Å². The molecule has 4 rings (SSSR count). The molecule has 0 aliphatic heterocycles. The first-order valence-corrected chi connectivity index (χ1v) is 8.51. The van der Waals surface area contributed by atoms with Crippen molar-refractivity contribution in [2.45, 2.75) is 57.0 Å². The smallest absolute Gasteiger partial charge is 0.0553 e. The largest absolute Gasteiger partial charge is 0.304 e. The van der Waals surface area contributed by atoms with Crippen LogP contribution < -0.4 is 5.32 Å². The van der Waals surface area contributed by atoms with Crippen LogP contribution in [-0.2, 0) is 20.0 Å². The van der Waals surface area contributed by atoms with E-state index in [0.717, 1.165) is 18.9 Å². The third-order valence-corrected chi connectivity index (χ3v) is 5.36. The zero-order chi connectivity index (χ0) is 14.9. The molecule has 0 amide bonds. The zero-order valence-electron chi connectivity index (χ0n) is 13.3. The molecule has 0 bridgehead atoms. The van der Waals surface area contributed by atoms with Gasteiger partial charge in [0.15, 0.2) is 0 Å². The molecule has 0 aromatic carbocycles. The fourth-order valence-corrected chi connectivity index (χ4v) is 3.79. The lowest BCUT2D eigenvalue weighted by Gasteiger charge is -2.28. The Morgan fingerprint density at radius 3 is 2.95 bits per heavy atom. The molecule has 1 atom stereocenters. The number of hydrogen-bond acceptors (Lipinski definition) is 3. The number of hydrogen-bond donors (Lipinski definition) is 1. The van der Waals surface area contributed by atoms with Gasteiger partial charge >= 0.3 is 0 Å². The third-order valence-electron chi connectivity index (χ3n) is 5.36. The summed E-state index contributed by atoms with van der Waals surface area (Å²) < 4.78 is 2.05. The maximum Gasteiger partial charge on any atom is 0.0553 e. The van der Waals surface area contributed by atoms with Gasteiger partial charge < -0.3 is 5.32 Å². The lowest BCUT2D eigenvalue weighted by Crippen LogP contribution is -2.27. The van der Waals surface area contributed by atoms with Crippen LogP contribution in [0.15, 0.2) is 24.5 Å². The number of nitrogens with zero attached hydrogens (tertiary/aromatic N) is 3. The van der Waals surface area contributed by atoms with Gasteiger partial charge in [-0.2, -0.15) is 5.10 Å². The van der Waals surface area contributed by atoms with Crippen molar-refractivity contribution in [3.05, 3.63) is 47.0 Å². The van der Waals surface area contributed by atoms with Crippen LogP contribution in [0.4, 0.5) is 0 Å². The number of aryl methyl sites for hydroxylation is 2. The lowest BCUT2D eigenvalue weighted by molar-refractivity contribution is 0.408. The summed E-state index contributed by atoms with van der Waals surface area (Å²) in [5.74, 6) is 0.741. The molecule has 0 spiro atoms. The van der Waals surface area contributed by atoms with E-state index in [1.54, 1.807) is 0 Å². The summed E-state index contributed by atoms with van der Waals surface area (Å²) in [6, 6.07) is 4.72. The van der Waals surface area contributed by atoms with E-state index in [9.17, 15) is 0 Å². The molecule has 4 heteroatoms. The summed E-state index contributed by atoms with van der Waals surface area (Å²) in [5, 5.41) is 8.26. The topological polar surface area (TPSA) is 42.7 Å². The number of nitrogens with one attached hydrogen (secondary N) is 1. The maximum absolute atomic E-state index is 4.54. The van der Waals surface area contributed by atoms with Crippen molar-refractivity contribution in [2.75, 3.05) is 0 Å². The zero-order valence-corrected chi connectivity index (χ0v) is 13.3. The van der Waals surface area contributed by atoms with E-state index in [0.29, 0.717) is 6.04 Å². The Morgan fingerprint density at radius 2 is 2.14 bits per heavy atom. The van der Waals surface area contributed by atoms with Gasteiger partial charge in [0.05, 0.1) is 11.9 Å². The predicted octanol–water partition coefficient (Wildman–Crippen LogP) is 3.25. The van der Waals surface area contributed by atoms with E-state index in [1.165, 1.54) is 54.6 Å². The Morgan fingerprint density at radius 1 is 1.23 bits per heavy atom. The molecule has 22 heavy (non-hydrogen) atoms. The minimum Gasteiger partial charge on any atom is -0.304 e. The van der Waals surface area contributed by atoms with Crippen LogP contribution in [0, 0.1) is 0 Å². The molecule has 2 heterocycles. The molecule has 0 saturated heterocycles. The van der Waals surface area contributed by atoms with Gasteiger partial charge in [0, 0.05) is 31.5 Å². The first-order valence-electron chi connectivity index (χ1n) is 8.51. The van der Waals surface area contributed by atoms with Crippen molar-refractivity contribution in [1.29, 1.82) is 0 Å². The number of fused-ring (bicyclic) bond motifs is 1. The third kappa shape index (κ3) is 2.45. The molecule has 1 saturated carbocycles. The Kier molecular flexibility index (Phi) is 3.70. The average Bonchev–Trinajstić information content (AvgIpc) is 2.84. The first kappa shape index (κ1) is 13.9. The second-order valence-electron chi connectivity index (χ2n) is 6.66. The van der Waals surface area contributed by atoms with Gasteiger partial charge in [0.25, 0.3) is 0 Å². The molecule has 1 N–H and O–H groups in total. The van der Waals surface area contributed by atoms with Crippen molar-refractivity contribution in [3.8, 4) is 0 Å². The second-order valence-corrected chi connectivity index (χ2v) is 6.66. The molecule has 1 unspecified atom stereocenters. The fourth-order valence-electron chi connectivity index (χ4n) is 3.79. The molecule has 4 nitrogen and oxygen atoms in total. The van der Waals surface area contributed by atoms with Gasteiger partial charge in [-0.3, -0.25) is 9.67 Å². The van der Waals surface area contributed by atoms with Crippen molar-refractivity contribution in [1.82, 2.24) is 20.1 Å². The molecule has 2 aliphatic rings. The minimum atomic E-state index is 0.432. The van der Waals surface area contributed by atoms with Crippen LogP contribution in [0.25, 0.3) is 0 Å². The predicted molar refractivity (Wildman–Crippen MR) is 86.6 cm³/mol. The van der Waals surface area contributed by atoms with Gasteiger partial charge in [-0.25, -0.2) is 0 Å². The molecular weight excluding hydrogens is 272 g/mol. The van der Waals surface area contributed by atoms with Gasteiger partial charge in [0.1, 0.15) is 0 Å². The van der Waals surface area contributed by atoms with Gasteiger partial charge in [0.2, 0.25) is 0 Å². The van der Waals surface area contributed by atoms with Crippen LogP contribution >= 0.6 is 0 Å². The highest BCUT2D eigenvalue weighted by molar-refractivity contribution is 5.28. The summed E-state index contributed by atoms with van der Waals surface area (Å²) in [7, 11) is 2.07. The Hall–Kier alpha value is -1.68. The lowest BCUT2D eigenvalue weighted by atomic mass is 9.80. The van der Waals surface area contributed by atoms with Crippen molar-refractivity contribution >= 4 is 0 Å². The number of pyridine rings is 1. The monoisotopic (exact) mass is 296 g/mol. The van der Waals surface area contributed by atoms with E-state index < -0.39 is 0 Å². The summed E-state index contributed by atoms with van der Waals surface area (Å²) >= 11 is 0. The number of aromatic nitrogens is 3. The van der Waals surface area contributed by atoms with Crippen molar-refractivity contribution < 1.29 is 0 Å². The van der Waals surface area contributed by atoms with E-state index >= 15 is 0 Å². The van der Waals surface area contributed by atoms with Crippen LogP contribution in [0.1, 0.15) is 66.6 Å². The number of rotatable bonds is 4. The normalized spacial score (nSPS) is 21.4. The van der Waals surface area contributed by atoms with E-state index in [2.05, 4.69) is 40.8 Å². The van der Waals surface area contributed by atoms with Crippen molar-refractivity contribution in [2.24, 2.45) is 7.05 Å². The molecular formula is C18H24N4. The highest BCUT2D eigenvalue weighted by atomic mass is 15.3. The summed E-state index contributed by atoms with van der Waals surface area (Å²) in [4.78, 5) is 4.54. The molecule has 0 radical (unpaired) electrons. The highest BCUT2D eigenvalue weighted by Crippen LogP contribution is 2.38. The van der Waals surface area contributed by atoms with E-state index in [-0.39, 0.29) is 0 Å². The Labute approximate surface area is 132 Å². The summed E-state index contributed by atoms with van der Waals surface area (Å²) in [6.07, 6.45) is 11.6. The standard InChI is InChI=1S/C18H24N4/c1-22-18(15(11-21-22)13-5-2-6-13)12-20-17-9-3-8-16-14(17)7-4-10-19-16/h4,7,10-11,13,17,20H,2-3,5-6,8-9,12H2,1H3. The molecule has 1 fully saturated rings. The Balaban J connectivity index is 1.51. The minimum absolute atomic E-state index is 0.432. The molecule has 2 aromatic heterocycles. The van der Waals surface area contributed by atoms with E-state index in [1.807, 2.05) is 10.9 Å². The summed E-state index contributed by atoms with van der Waals surface area (Å²) in [6.45, 7) is 0.904. The van der Waals surface area contributed by atoms with Crippen LogP contribution in [-0.4, -0.2) is 14.8 Å². The van der Waals surface area contributed by atoms with Gasteiger partial charge in [-0.05, 0) is 55.2 Å². The SMILES string of the molecule is Cn1ncc(C2CCC2)c1CNC1CCCc2ncccc21. The van der Waals surface area contributed by atoms with Gasteiger partial charge in [-0.1, -0.05) is 12.5 Å². The van der Waals surface area contributed by atoms with Crippen LogP contribution in [0.5, 0.6) is 0 Å². The fraction of sp³-hybridized carbons (Fsp3) is 0.556. The molecule has 2 aliphatic carbocycles. The highest BCUT2D eigenvalue weighted by Gasteiger charge is 2.26. The molecule has 116 valence electrons. The van der Waals surface area contributed by atoms with Crippen molar-refractivity contribution in [3.63, 3.8) is 0 Å².